The number of carboxylic acids is 1. The standard InChI is InChI=1S/C15H11Cl2NO4/c1-22-13-5-2-8(15(20)21)6-12(13)18-14(19)10-4-3-9(16)7-11(10)17/h2-7H,1H3,(H,18,19)(H,20,21). The molecule has 0 fully saturated rings. The fourth-order valence-electron chi connectivity index (χ4n) is 1.80. The van der Waals surface area contributed by atoms with Crippen molar-refractivity contribution in [1.29, 1.82) is 0 Å². The van der Waals surface area contributed by atoms with E-state index in [1.165, 1.54) is 43.5 Å². The first-order valence-electron chi connectivity index (χ1n) is 6.10. The highest BCUT2D eigenvalue weighted by atomic mass is 35.5. The van der Waals surface area contributed by atoms with Gasteiger partial charge in [-0.25, -0.2) is 4.79 Å². The van der Waals surface area contributed by atoms with E-state index in [2.05, 4.69) is 5.32 Å². The van der Waals surface area contributed by atoms with Crippen LogP contribution in [0.1, 0.15) is 20.7 Å². The number of nitrogens with one attached hydrogen (secondary N) is 1. The number of ether oxygens (including phenoxy) is 1. The summed E-state index contributed by atoms with van der Waals surface area (Å²) in [5, 5.41) is 12.2. The molecular weight excluding hydrogens is 329 g/mol. The van der Waals surface area contributed by atoms with Gasteiger partial charge in [0.1, 0.15) is 5.75 Å². The van der Waals surface area contributed by atoms with E-state index in [1.54, 1.807) is 0 Å². The highest BCUT2D eigenvalue weighted by Crippen LogP contribution is 2.27. The summed E-state index contributed by atoms with van der Waals surface area (Å²) in [4.78, 5) is 23.3. The molecule has 0 bridgehead atoms. The lowest BCUT2D eigenvalue weighted by Crippen LogP contribution is -2.14. The van der Waals surface area contributed by atoms with E-state index < -0.39 is 11.9 Å². The molecule has 0 aliphatic heterocycles. The van der Waals surface area contributed by atoms with Crippen molar-refractivity contribution in [2.75, 3.05) is 12.4 Å². The smallest absolute Gasteiger partial charge is 0.335 e. The first-order chi connectivity index (χ1) is 10.4. The molecule has 0 heterocycles. The number of carbonyl (C=O) groups is 2. The molecule has 0 atom stereocenters. The van der Waals surface area contributed by atoms with Crippen molar-refractivity contribution in [3.8, 4) is 5.75 Å². The van der Waals surface area contributed by atoms with E-state index in [0.29, 0.717) is 10.8 Å². The van der Waals surface area contributed by atoms with E-state index >= 15 is 0 Å². The fraction of sp³-hybridized carbons (Fsp3) is 0.0667. The summed E-state index contributed by atoms with van der Waals surface area (Å²) in [5.74, 6) is -1.27. The van der Waals surface area contributed by atoms with Gasteiger partial charge in [0.2, 0.25) is 0 Å². The molecule has 0 saturated heterocycles. The largest absolute Gasteiger partial charge is 0.495 e. The summed E-state index contributed by atoms with van der Waals surface area (Å²) in [5.41, 5.74) is 0.477. The minimum absolute atomic E-state index is 0.0262. The van der Waals surface area contributed by atoms with E-state index in [4.69, 9.17) is 33.0 Å². The highest BCUT2D eigenvalue weighted by Gasteiger charge is 2.15. The summed E-state index contributed by atoms with van der Waals surface area (Å²) in [6.45, 7) is 0. The molecule has 22 heavy (non-hydrogen) atoms. The Hall–Kier alpha value is -2.24. The predicted molar refractivity (Wildman–Crippen MR) is 84.4 cm³/mol. The van der Waals surface area contributed by atoms with Crippen molar-refractivity contribution >= 4 is 40.8 Å². The van der Waals surface area contributed by atoms with Crippen LogP contribution in [0, 0.1) is 0 Å². The molecule has 1 amide bonds. The van der Waals surface area contributed by atoms with Crippen LogP contribution in [-0.4, -0.2) is 24.1 Å². The molecule has 0 unspecified atom stereocenters. The Kier molecular flexibility index (Phi) is 4.90. The molecule has 2 aromatic carbocycles. The lowest BCUT2D eigenvalue weighted by Gasteiger charge is -2.12. The summed E-state index contributed by atoms with van der Waals surface area (Å²) >= 11 is 11.8. The minimum Gasteiger partial charge on any atom is -0.495 e. The van der Waals surface area contributed by atoms with Crippen molar-refractivity contribution in [3.63, 3.8) is 0 Å². The number of aromatic carboxylic acids is 1. The van der Waals surface area contributed by atoms with Crippen molar-refractivity contribution in [2.24, 2.45) is 0 Å². The van der Waals surface area contributed by atoms with Gasteiger partial charge >= 0.3 is 5.97 Å². The Bertz CT molecular complexity index is 746. The number of hydrogen-bond acceptors (Lipinski definition) is 3. The number of carboxylic acid groups (broad SMARTS) is 1. The maximum absolute atomic E-state index is 12.3. The second kappa shape index (κ2) is 6.68. The monoisotopic (exact) mass is 339 g/mol. The van der Waals surface area contributed by atoms with Crippen LogP contribution in [0.5, 0.6) is 5.75 Å². The van der Waals surface area contributed by atoms with Crippen LogP contribution < -0.4 is 10.1 Å². The quantitative estimate of drug-likeness (QED) is 0.884. The molecular formula is C15H11Cl2NO4. The van der Waals surface area contributed by atoms with Crippen molar-refractivity contribution in [1.82, 2.24) is 0 Å². The lowest BCUT2D eigenvalue weighted by molar-refractivity contribution is 0.0696. The number of halogens is 2. The van der Waals surface area contributed by atoms with Crippen LogP contribution in [0.15, 0.2) is 36.4 Å². The van der Waals surface area contributed by atoms with Gasteiger partial charge in [-0.3, -0.25) is 4.79 Å². The van der Waals surface area contributed by atoms with Gasteiger partial charge in [-0.05, 0) is 36.4 Å². The summed E-state index contributed by atoms with van der Waals surface area (Å²) in [7, 11) is 1.42. The average molecular weight is 340 g/mol. The first kappa shape index (κ1) is 16.1. The molecule has 0 saturated carbocycles. The molecule has 2 rings (SSSR count). The molecule has 0 radical (unpaired) electrons. The van der Waals surface area contributed by atoms with Gasteiger partial charge in [0.15, 0.2) is 0 Å². The topological polar surface area (TPSA) is 75.6 Å². The van der Waals surface area contributed by atoms with E-state index in [9.17, 15) is 9.59 Å². The summed E-state index contributed by atoms with van der Waals surface area (Å²) in [6, 6.07) is 8.61. The molecule has 114 valence electrons. The van der Waals surface area contributed by atoms with Crippen LogP contribution >= 0.6 is 23.2 Å². The van der Waals surface area contributed by atoms with Crippen LogP contribution in [0.4, 0.5) is 5.69 Å². The van der Waals surface area contributed by atoms with Crippen molar-refractivity contribution in [2.45, 2.75) is 0 Å². The number of methoxy groups -OCH3 is 1. The maximum atomic E-state index is 12.3. The van der Waals surface area contributed by atoms with Gasteiger partial charge in [-0.1, -0.05) is 23.2 Å². The zero-order chi connectivity index (χ0) is 16.3. The Morgan fingerprint density at radius 1 is 1.14 bits per heavy atom. The van der Waals surface area contributed by atoms with Gasteiger partial charge in [-0.15, -0.1) is 0 Å². The molecule has 0 aromatic heterocycles. The van der Waals surface area contributed by atoms with Crippen molar-refractivity contribution < 1.29 is 19.4 Å². The average Bonchev–Trinajstić information content (AvgIpc) is 2.46. The van der Waals surface area contributed by atoms with E-state index in [1.807, 2.05) is 0 Å². The molecule has 0 aliphatic carbocycles. The first-order valence-corrected chi connectivity index (χ1v) is 6.85. The third kappa shape index (κ3) is 3.50. The molecule has 0 aliphatic rings. The van der Waals surface area contributed by atoms with E-state index in [-0.39, 0.29) is 21.8 Å². The Morgan fingerprint density at radius 2 is 1.86 bits per heavy atom. The summed E-state index contributed by atoms with van der Waals surface area (Å²) in [6.07, 6.45) is 0. The number of amides is 1. The Balaban J connectivity index is 2.34. The molecule has 0 spiro atoms. The van der Waals surface area contributed by atoms with Gasteiger partial charge in [0.05, 0.1) is 28.9 Å². The third-order valence-corrected chi connectivity index (χ3v) is 3.42. The normalized spacial score (nSPS) is 10.1. The number of anilines is 1. The Labute approximate surface area is 136 Å². The van der Waals surface area contributed by atoms with Gasteiger partial charge in [0, 0.05) is 5.02 Å². The van der Waals surface area contributed by atoms with Crippen LogP contribution in [0.2, 0.25) is 10.0 Å². The third-order valence-electron chi connectivity index (χ3n) is 2.87. The lowest BCUT2D eigenvalue weighted by atomic mass is 10.1. The van der Waals surface area contributed by atoms with Crippen LogP contribution in [-0.2, 0) is 0 Å². The second-order valence-electron chi connectivity index (χ2n) is 4.30. The van der Waals surface area contributed by atoms with Crippen molar-refractivity contribution in [3.05, 3.63) is 57.6 Å². The van der Waals surface area contributed by atoms with Gasteiger partial charge in [-0.2, -0.15) is 0 Å². The number of hydrogen-bond donors (Lipinski definition) is 2. The summed E-state index contributed by atoms with van der Waals surface area (Å²) < 4.78 is 5.10. The SMILES string of the molecule is COc1ccc(C(=O)O)cc1NC(=O)c1ccc(Cl)cc1Cl. The zero-order valence-corrected chi connectivity index (χ0v) is 12.9. The molecule has 2 aromatic rings. The fourth-order valence-corrected chi connectivity index (χ4v) is 2.30. The molecule has 7 heteroatoms. The predicted octanol–water partition coefficient (Wildman–Crippen LogP) is 3.95. The van der Waals surface area contributed by atoms with Crippen LogP contribution in [0.3, 0.4) is 0 Å². The zero-order valence-electron chi connectivity index (χ0n) is 11.4. The van der Waals surface area contributed by atoms with E-state index in [0.717, 1.165) is 0 Å². The minimum atomic E-state index is -1.11. The highest BCUT2D eigenvalue weighted by molar-refractivity contribution is 6.37. The van der Waals surface area contributed by atoms with Gasteiger partial charge in [0.25, 0.3) is 5.91 Å². The number of carbonyl (C=O) groups excluding carboxylic acids is 1. The van der Waals surface area contributed by atoms with Crippen LogP contribution in [0.25, 0.3) is 0 Å². The van der Waals surface area contributed by atoms with Gasteiger partial charge < -0.3 is 15.2 Å². The maximum Gasteiger partial charge on any atom is 0.335 e. The number of rotatable bonds is 4. The molecule has 2 N–H and O–H groups in total. The number of benzene rings is 2. The Morgan fingerprint density at radius 3 is 2.45 bits per heavy atom. The molecule has 5 nitrogen and oxygen atoms in total. The second-order valence-corrected chi connectivity index (χ2v) is 5.14.